The first kappa shape index (κ1) is 64.8. The van der Waals surface area contributed by atoms with E-state index in [0.29, 0.717) is 116 Å². The molecule has 0 N–H and O–H groups in total. The molecule has 3 aromatic heterocycles. The quantitative estimate of drug-likeness (QED) is 0.112. The van der Waals surface area contributed by atoms with Gasteiger partial charge in [0.25, 0.3) is 0 Å². The van der Waals surface area contributed by atoms with Crippen LogP contribution in [0.4, 0.5) is 0 Å². The molecule has 0 amide bonds. The van der Waals surface area contributed by atoms with Crippen molar-refractivity contribution in [3.63, 3.8) is 0 Å². The van der Waals surface area contributed by atoms with Crippen LogP contribution in [0.5, 0.6) is 0 Å². The first-order valence-electron chi connectivity index (χ1n) is 61.9. The Kier molecular flexibility index (Phi) is 14.5. The third-order valence-electron chi connectivity index (χ3n) is 31.2. The standard InChI is InChI=1S/2C51H34O.C44H26O/c1-51(2)44-23-10-9-17-36(44)42-28-34(25-26-45(42)51)31-15-11-16-35(27-31)48-37-18-5-7-20-39(37)49(40-21-8-6-19-38(40)48)41-22-12-24-46-50(41)43-29-32-13-3-4-14-33(32)30-47(43)52-46;1-51(2)44-20-10-9-14-36(44)42-28-35(26-27-45(42)51)31-22-24-32(25-23-31)48-37-15-5-7-17-39(37)49(40-18-8-6-16-38(40)48)41-19-11-21-46-50(41)43-29-33-12-3-4-13-34(33)30-47(43)52-46;1-2-13-29-26-41-39(25-28(29)12-1)44-38(21-10-22-40(44)45-41)43-36-17-7-5-15-34(36)42(35-16-6-8-18-37(35)43)33-20-9-19-31-30-14-4-3-11-27(30)23-24-32(31)33/h2*3-30H,1-2H3;1-26H/i5D,6D,7D,8D,18D,19D,20D,21D;2*5D,6D,7D,8D,15D,16D,17D,18D. The Morgan fingerprint density at radius 1 is 0.154 bits per heavy atom. The third kappa shape index (κ3) is 13.3. The topological polar surface area (TPSA) is 39.4 Å². The molecule has 2 aliphatic rings. The van der Waals surface area contributed by atoms with Gasteiger partial charge in [-0.25, -0.2) is 0 Å². The lowest BCUT2D eigenvalue weighted by atomic mass is 9.82. The molecule has 149 heavy (non-hydrogen) atoms. The largest absolute Gasteiger partial charge is 0.456 e. The van der Waals surface area contributed by atoms with Gasteiger partial charge in [-0.2, -0.15) is 0 Å². The van der Waals surface area contributed by atoms with E-state index in [2.05, 4.69) is 113 Å². The van der Waals surface area contributed by atoms with Crippen LogP contribution in [0, 0.1) is 0 Å². The van der Waals surface area contributed by atoms with Crippen molar-refractivity contribution in [1.82, 2.24) is 0 Å². The lowest BCUT2D eigenvalue weighted by molar-refractivity contribution is 0.660. The number of rotatable bonds is 8. The van der Waals surface area contributed by atoms with E-state index in [1.54, 1.807) is 12.1 Å². The third-order valence-corrected chi connectivity index (χ3v) is 31.2. The number of benzene rings is 27. The van der Waals surface area contributed by atoms with Crippen molar-refractivity contribution in [2.45, 2.75) is 38.5 Å². The summed E-state index contributed by atoms with van der Waals surface area (Å²) in [5, 5.41) is 16.1. The number of hydrogen-bond acceptors (Lipinski definition) is 3. The zero-order valence-electron chi connectivity index (χ0n) is 105. The lowest BCUT2D eigenvalue weighted by Gasteiger charge is -2.21. The van der Waals surface area contributed by atoms with Gasteiger partial charge in [-0.3, -0.25) is 0 Å². The minimum atomic E-state index is -0.440. The maximum Gasteiger partial charge on any atom is 0.136 e. The molecule has 2 aliphatic carbocycles. The highest BCUT2D eigenvalue weighted by molar-refractivity contribution is 6.32. The Balaban J connectivity index is 0.000000114. The maximum atomic E-state index is 9.55. The molecule has 0 aliphatic heterocycles. The Labute approximate surface area is 894 Å². The van der Waals surface area contributed by atoms with E-state index in [1.807, 2.05) is 255 Å². The Bertz CT molecular complexity index is 12300. The van der Waals surface area contributed by atoms with E-state index in [9.17, 15) is 16.4 Å². The Morgan fingerprint density at radius 2 is 0.430 bits per heavy atom. The minimum Gasteiger partial charge on any atom is -0.456 e. The molecule has 0 unspecified atom stereocenters. The van der Waals surface area contributed by atoms with Gasteiger partial charge in [-0.1, -0.05) is 452 Å². The summed E-state index contributed by atoms with van der Waals surface area (Å²) in [4.78, 5) is 0. The van der Waals surface area contributed by atoms with Crippen molar-refractivity contribution >= 4 is 184 Å². The van der Waals surface area contributed by atoms with E-state index in [0.717, 1.165) is 97.8 Å². The highest BCUT2D eigenvalue weighted by Crippen LogP contribution is 2.57. The fraction of sp³-hybridized carbons (Fsp3) is 0.0411. The zero-order valence-corrected chi connectivity index (χ0v) is 80.7. The fourth-order valence-corrected chi connectivity index (χ4v) is 24.4. The van der Waals surface area contributed by atoms with Crippen molar-refractivity contribution in [3.8, 4) is 111 Å². The Morgan fingerprint density at radius 3 is 0.832 bits per heavy atom. The van der Waals surface area contributed by atoms with Crippen LogP contribution in [-0.2, 0) is 10.8 Å². The molecular weight excluding hydrogens is 1800 g/mol. The van der Waals surface area contributed by atoms with Gasteiger partial charge in [0.15, 0.2) is 0 Å². The van der Waals surface area contributed by atoms with Gasteiger partial charge in [-0.05, 0) is 325 Å². The molecule has 696 valence electrons. The smallest absolute Gasteiger partial charge is 0.136 e. The first-order chi connectivity index (χ1) is 83.4. The van der Waals surface area contributed by atoms with Gasteiger partial charge in [0.1, 0.15) is 33.5 Å². The van der Waals surface area contributed by atoms with Gasteiger partial charge in [0, 0.05) is 43.1 Å². The number of fused-ring (bicyclic) bond motifs is 27. The van der Waals surface area contributed by atoms with E-state index >= 15 is 0 Å². The highest BCUT2D eigenvalue weighted by Gasteiger charge is 2.38. The van der Waals surface area contributed by atoms with E-state index in [4.69, 9.17) is 29.7 Å². The second-order valence-corrected chi connectivity index (χ2v) is 39.9. The first-order valence-corrected chi connectivity index (χ1v) is 49.9. The van der Waals surface area contributed by atoms with Crippen LogP contribution in [0.3, 0.4) is 0 Å². The van der Waals surface area contributed by atoms with Gasteiger partial charge in [0.2, 0.25) is 0 Å². The van der Waals surface area contributed by atoms with E-state index in [-0.39, 0.29) is 148 Å². The molecule has 0 fully saturated rings. The van der Waals surface area contributed by atoms with Crippen LogP contribution in [0.1, 0.15) is 82.8 Å². The predicted octanol–water partition coefficient (Wildman–Crippen LogP) is 41.4. The lowest BCUT2D eigenvalue weighted by Crippen LogP contribution is -2.14. The summed E-state index contributed by atoms with van der Waals surface area (Å²) >= 11 is 0. The molecule has 0 saturated heterocycles. The summed E-state index contributed by atoms with van der Waals surface area (Å²) in [6.07, 6.45) is 0. The summed E-state index contributed by atoms with van der Waals surface area (Å²) in [5.41, 5.74) is 21.9. The second-order valence-electron chi connectivity index (χ2n) is 39.9. The molecule has 0 spiro atoms. The minimum absolute atomic E-state index is 0.131. The summed E-state index contributed by atoms with van der Waals surface area (Å²) in [6, 6.07) is 107. The van der Waals surface area contributed by atoms with Crippen molar-refractivity contribution in [2.75, 3.05) is 0 Å². The monoisotopic (exact) mass is 1920 g/mol. The normalized spacial score (nSPS) is 15.2. The summed E-state index contributed by atoms with van der Waals surface area (Å²) in [7, 11) is 0. The highest BCUT2D eigenvalue weighted by atomic mass is 16.3. The van der Waals surface area contributed by atoms with Crippen LogP contribution in [0.2, 0.25) is 0 Å². The number of furan rings is 3. The zero-order chi connectivity index (χ0) is 119. The predicted molar refractivity (Wildman–Crippen MR) is 632 cm³/mol. The molecule has 0 atom stereocenters. The van der Waals surface area contributed by atoms with Crippen LogP contribution in [0.25, 0.3) is 296 Å². The number of hydrogen-bond donors (Lipinski definition) is 0. The van der Waals surface area contributed by atoms with Gasteiger partial charge in [0.05, 0.1) is 32.9 Å². The summed E-state index contributed by atoms with van der Waals surface area (Å²) in [6.45, 7) is 8.96. The van der Waals surface area contributed by atoms with Gasteiger partial charge in [-0.15, -0.1) is 0 Å². The van der Waals surface area contributed by atoms with Crippen molar-refractivity contribution in [2.24, 2.45) is 0 Å². The van der Waals surface area contributed by atoms with Crippen LogP contribution < -0.4 is 0 Å². The van der Waals surface area contributed by atoms with Gasteiger partial charge >= 0.3 is 0 Å². The van der Waals surface area contributed by atoms with Crippen LogP contribution in [0.15, 0.2) is 510 Å². The molecule has 3 nitrogen and oxygen atoms in total. The molecule has 0 radical (unpaired) electrons. The molecule has 27 aromatic carbocycles. The van der Waals surface area contributed by atoms with Crippen LogP contribution in [-0.4, -0.2) is 0 Å². The maximum absolute atomic E-state index is 9.55. The fourth-order valence-electron chi connectivity index (χ4n) is 24.4. The molecular formula is C146H94O3. The molecule has 3 heterocycles. The Hall–Kier alpha value is -18.8. The van der Waals surface area contributed by atoms with Crippen molar-refractivity contribution in [1.29, 1.82) is 0 Å². The molecule has 0 saturated carbocycles. The van der Waals surface area contributed by atoms with E-state index < -0.39 is 72.5 Å². The molecule has 0 bridgehead atoms. The average molecular weight is 1920 g/mol. The summed E-state index contributed by atoms with van der Waals surface area (Å²) in [5.74, 6) is 0. The van der Waals surface area contributed by atoms with Crippen molar-refractivity contribution < 1.29 is 46.1 Å². The summed E-state index contributed by atoms with van der Waals surface area (Å²) < 4.78 is 240. The van der Waals surface area contributed by atoms with Crippen LogP contribution >= 0.6 is 0 Å². The second kappa shape index (κ2) is 33.4. The van der Waals surface area contributed by atoms with Gasteiger partial charge < -0.3 is 13.3 Å². The van der Waals surface area contributed by atoms with Crippen molar-refractivity contribution in [3.05, 3.63) is 519 Å². The van der Waals surface area contributed by atoms with E-state index in [1.165, 1.54) is 38.9 Å². The average Bonchev–Trinajstić information content (AvgIpc) is 1.28. The molecule has 3 heteroatoms. The SMILES string of the molecule is [2H]c1c([2H])c([2H])c2c(-c3cccc4oc5cc6ccccc6cc5c34)c3c([2H])c([2H])c([2H])c([2H])c3c(-c3ccc(-c4ccc5c(c4)-c4ccccc4C5(C)C)cc3)c2c1[2H].[2H]c1c([2H])c([2H])c2c(-c3cccc4oc5cc6ccccc6cc5c34)c3c([2H])c([2H])c([2H])c([2H])c3c(-c3cccc(-c4ccc5c(c4)-c4ccccc4C5(C)C)c3)c2c1[2H].[2H]c1c([2H])c([2H])c2c(-c3cccc4oc5cc6ccccc6cc5c34)c3c([2H])c([2H])c([2H])c([2H])c3c(-c3cccc4c3ccc3ccccc34)c2c1[2H]. The molecule has 30 aromatic rings. The molecule has 32 rings (SSSR count).